The largest absolute Gasteiger partial charge is 0.378 e. The van der Waals surface area contributed by atoms with Gasteiger partial charge in [0.05, 0.1) is 13.2 Å². The molecule has 3 heteroatoms. The second-order valence-electron chi connectivity index (χ2n) is 4.62. The number of nitrogens with zero attached hydrogens (tertiary/aromatic N) is 1. The van der Waals surface area contributed by atoms with Gasteiger partial charge in [0.1, 0.15) is 0 Å². The molecular weight excluding hydrogens is 212 g/mol. The summed E-state index contributed by atoms with van der Waals surface area (Å²) in [7, 11) is 0. The molecule has 1 aliphatic heterocycles. The van der Waals surface area contributed by atoms with Gasteiger partial charge in [-0.25, -0.2) is 0 Å². The molecule has 0 unspecified atom stereocenters. The maximum absolute atomic E-state index is 5.46. The lowest BCUT2D eigenvalue weighted by atomic mass is 10.00. The van der Waals surface area contributed by atoms with Crippen LogP contribution in [0.15, 0.2) is 18.2 Å². The fourth-order valence-electron chi connectivity index (χ4n) is 2.40. The van der Waals surface area contributed by atoms with Crippen LogP contribution in [0.3, 0.4) is 0 Å². The number of ether oxygens (including phenoxy) is 1. The van der Waals surface area contributed by atoms with Crippen LogP contribution >= 0.6 is 0 Å². The summed E-state index contributed by atoms with van der Waals surface area (Å²) < 4.78 is 5.46. The first-order chi connectivity index (χ1) is 8.31. The SMILES string of the molecule is Cc1ccc2c(c1)CCCN2CCOCCN. The molecule has 1 heterocycles. The van der Waals surface area contributed by atoms with Crippen molar-refractivity contribution in [3.05, 3.63) is 29.3 Å². The van der Waals surface area contributed by atoms with E-state index < -0.39 is 0 Å². The van der Waals surface area contributed by atoms with Crippen LogP contribution in [0.5, 0.6) is 0 Å². The maximum atomic E-state index is 5.46. The fourth-order valence-corrected chi connectivity index (χ4v) is 2.40. The van der Waals surface area contributed by atoms with E-state index in [1.54, 1.807) is 0 Å². The molecule has 0 saturated heterocycles. The molecule has 0 fully saturated rings. The minimum atomic E-state index is 0.607. The zero-order valence-corrected chi connectivity index (χ0v) is 10.6. The number of hydrogen-bond donors (Lipinski definition) is 1. The molecule has 17 heavy (non-hydrogen) atoms. The maximum Gasteiger partial charge on any atom is 0.0642 e. The van der Waals surface area contributed by atoms with Crippen molar-refractivity contribution in [3.8, 4) is 0 Å². The Bertz CT molecular complexity index is 365. The zero-order valence-electron chi connectivity index (χ0n) is 10.6. The van der Waals surface area contributed by atoms with Crippen LogP contribution in [-0.4, -0.2) is 32.8 Å². The Balaban J connectivity index is 1.97. The van der Waals surface area contributed by atoms with Crippen molar-refractivity contribution in [2.24, 2.45) is 5.73 Å². The van der Waals surface area contributed by atoms with E-state index in [4.69, 9.17) is 10.5 Å². The molecule has 2 N–H and O–H groups in total. The molecule has 1 aliphatic rings. The summed E-state index contributed by atoms with van der Waals surface area (Å²) in [5.74, 6) is 0. The number of benzene rings is 1. The highest BCUT2D eigenvalue weighted by molar-refractivity contribution is 5.56. The van der Waals surface area contributed by atoms with Gasteiger partial charge in [-0.3, -0.25) is 0 Å². The van der Waals surface area contributed by atoms with Crippen molar-refractivity contribution in [3.63, 3.8) is 0 Å². The highest BCUT2D eigenvalue weighted by Crippen LogP contribution is 2.27. The van der Waals surface area contributed by atoms with Crippen LogP contribution < -0.4 is 10.6 Å². The third kappa shape index (κ3) is 3.20. The van der Waals surface area contributed by atoms with Crippen LogP contribution in [0.2, 0.25) is 0 Å². The zero-order chi connectivity index (χ0) is 12.1. The highest BCUT2D eigenvalue weighted by Gasteiger charge is 2.15. The van der Waals surface area contributed by atoms with Crippen molar-refractivity contribution in [1.82, 2.24) is 0 Å². The lowest BCUT2D eigenvalue weighted by Crippen LogP contribution is -2.32. The van der Waals surface area contributed by atoms with Crippen molar-refractivity contribution >= 4 is 5.69 Å². The standard InChI is InChI=1S/C14H22N2O/c1-12-4-5-14-13(11-12)3-2-7-16(14)8-10-17-9-6-15/h4-5,11H,2-3,6-10,15H2,1H3. The average Bonchev–Trinajstić information content (AvgIpc) is 2.34. The van der Waals surface area contributed by atoms with Gasteiger partial charge in [0.2, 0.25) is 0 Å². The molecular formula is C14H22N2O. The quantitative estimate of drug-likeness (QED) is 0.788. The van der Waals surface area contributed by atoms with E-state index in [0.717, 1.165) is 19.7 Å². The lowest BCUT2D eigenvalue weighted by molar-refractivity contribution is 0.147. The Morgan fingerprint density at radius 3 is 3.06 bits per heavy atom. The van der Waals surface area contributed by atoms with Crippen LogP contribution in [0, 0.1) is 6.92 Å². The third-order valence-electron chi connectivity index (χ3n) is 3.22. The Labute approximate surface area is 104 Å². The van der Waals surface area contributed by atoms with Gasteiger partial charge in [-0.15, -0.1) is 0 Å². The van der Waals surface area contributed by atoms with E-state index in [0.29, 0.717) is 13.2 Å². The summed E-state index contributed by atoms with van der Waals surface area (Å²) >= 11 is 0. The van der Waals surface area contributed by atoms with E-state index >= 15 is 0 Å². The molecule has 0 aliphatic carbocycles. The number of rotatable bonds is 5. The first kappa shape index (κ1) is 12.4. The number of aryl methyl sites for hydroxylation is 2. The van der Waals surface area contributed by atoms with E-state index in [1.807, 2.05) is 0 Å². The van der Waals surface area contributed by atoms with Crippen molar-refractivity contribution in [2.45, 2.75) is 19.8 Å². The van der Waals surface area contributed by atoms with Gasteiger partial charge in [0, 0.05) is 25.3 Å². The molecule has 0 amide bonds. The van der Waals surface area contributed by atoms with Crippen LogP contribution in [-0.2, 0) is 11.2 Å². The van der Waals surface area contributed by atoms with Gasteiger partial charge in [-0.2, -0.15) is 0 Å². The van der Waals surface area contributed by atoms with Crippen molar-refractivity contribution in [1.29, 1.82) is 0 Å². The van der Waals surface area contributed by atoms with Gasteiger partial charge in [-0.05, 0) is 31.4 Å². The Hall–Kier alpha value is -1.06. The summed E-state index contributed by atoms with van der Waals surface area (Å²) in [4.78, 5) is 2.43. The number of nitrogens with two attached hydrogens (primary N) is 1. The molecule has 0 aromatic heterocycles. The van der Waals surface area contributed by atoms with Crippen molar-refractivity contribution in [2.75, 3.05) is 37.7 Å². The first-order valence-corrected chi connectivity index (χ1v) is 6.43. The van der Waals surface area contributed by atoms with Gasteiger partial charge in [0.15, 0.2) is 0 Å². The molecule has 1 aromatic rings. The minimum Gasteiger partial charge on any atom is -0.378 e. The van der Waals surface area contributed by atoms with E-state index in [-0.39, 0.29) is 0 Å². The number of fused-ring (bicyclic) bond motifs is 1. The van der Waals surface area contributed by atoms with Crippen LogP contribution in [0.1, 0.15) is 17.5 Å². The van der Waals surface area contributed by atoms with E-state index in [1.165, 1.54) is 29.7 Å². The van der Waals surface area contributed by atoms with E-state index in [9.17, 15) is 0 Å². The average molecular weight is 234 g/mol. The van der Waals surface area contributed by atoms with Gasteiger partial charge in [0.25, 0.3) is 0 Å². The predicted molar refractivity (Wildman–Crippen MR) is 71.6 cm³/mol. The Morgan fingerprint density at radius 1 is 1.35 bits per heavy atom. The monoisotopic (exact) mass is 234 g/mol. The summed E-state index contributed by atoms with van der Waals surface area (Å²) in [5, 5.41) is 0. The molecule has 3 nitrogen and oxygen atoms in total. The highest BCUT2D eigenvalue weighted by atomic mass is 16.5. The normalized spacial score (nSPS) is 14.8. The first-order valence-electron chi connectivity index (χ1n) is 6.43. The molecule has 0 spiro atoms. The fraction of sp³-hybridized carbons (Fsp3) is 0.571. The topological polar surface area (TPSA) is 38.5 Å². The minimum absolute atomic E-state index is 0.607. The third-order valence-corrected chi connectivity index (χ3v) is 3.22. The second kappa shape index (κ2) is 6.03. The molecule has 0 bridgehead atoms. The molecule has 1 aromatic carbocycles. The molecule has 0 atom stereocenters. The van der Waals surface area contributed by atoms with Crippen LogP contribution in [0.4, 0.5) is 5.69 Å². The predicted octanol–water partition coefficient (Wildman–Crippen LogP) is 1.72. The van der Waals surface area contributed by atoms with Gasteiger partial charge >= 0.3 is 0 Å². The lowest BCUT2D eigenvalue weighted by Gasteiger charge is -2.31. The molecule has 94 valence electrons. The summed E-state index contributed by atoms with van der Waals surface area (Å²) in [6.07, 6.45) is 2.45. The van der Waals surface area contributed by atoms with Crippen molar-refractivity contribution < 1.29 is 4.74 Å². The Kier molecular flexibility index (Phi) is 4.40. The smallest absolute Gasteiger partial charge is 0.0642 e. The summed E-state index contributed by atoms with van der Waals surface area (Å²) in [6.45, 7) is 6.30. The van der Waals surface area contributed by atoms with E-state index in [2.05, 4.69) is 30.0 Å². The van der Waals surface area contributed by atoms with Crippen LogP contribution in [0.25, 0.3) is 0 Å². The summed E-state index contributed by atoms with van der Waals surface area (Å²) in [5.41, 5.74) is 9.62. The second-order valence-corrected chi connectivity index (χ2v) is 4.62. The number of hydrogen-bond acceptors (Lipinski definition) is 3. The Morgan fingerprint density at radius 2 is 2.24 bits per heavy atom. The van der Waals surface area contributed by atoms with Gasteiger partial charge in [-0.1, -0.05) is 17.7 Å². The summed E-state index contributed by atoms with van der Waals surface area (Å²) in [6, 6.07) is 6.74. The number of anilines is 1. The molecule has 0 saturated carbocycles. The molecule has 0 radical (unpaired) electrons. The molecule has 2 rings (SSSR count). The van der Waals surface area contributed by atoms with Gasteiger partial charge < -0.3 is 15.4 Å².